The molecular weight excluding hydrogens is 344 g/mol. The van der Waals surface area contributed by atoms with Gasteiger partial charge in [-0.25, -0.2) is 18.1 Å². The summed E-state index contributed by atoms with van der Waals surface area (Å²) in [5.74, 6) is 0.707. The van der Waals surface area contributed by atoms with E-state index in [0.29, 0.717) is 16.9 Å². The Kier molecular flexibility index (Phi) is 5.39. The lowest BCUT2D eigenvalue weighted by Gasteiger charge is -2.14. The number of benzene rings is 1. The third-order valence-electron chi connectivity index (χ3n) is 3.84. The summed E-state index contributed by atoms with van der Waals surface area (Å²) in [6.45, 7) is 3.34. The van der Waals surface area contributed by atoms with Gasteiger partial charge in [0.25, 0.3) is 5.69 Å². The summed E-state index contributed by atoms with van der Waals surface area (Å²) in [6, 6.07) is 5.93. The lowest BCUT2D eigenvalue weighted by Crippen LogP contribution is -2.24. The highest BCUT2D eigenvalue weighted by Crippen LogP contribution is 2.25. The Labute approximate surface area is 146 Å². The summed E-state index contributed by atoms with van der Waals surface area (Å²) >= 11 is 0. The number of hydrogen-bond donors (Lipinski definition) is 1. The molecule has 2 rings (SSSR count). The molecule has 8 nitrogen and oxygen atoms in total. The average molecular weight is 364 g/mol. The van der Waals surface area contributed by atoms with E-state index in [1.807, 2.05) is 19.0 Å². The van der Waals surface area contributed by atoms with E-state index < -0.39 is 14.9 Å². The molecule has 0 atom stereocenters. The Morgan fingerprint density at radius 1 is 1.24 bits per heavy atom. The van der Waals surface area contributed by atoms with Crippen LogP contribution in [0.25, 0.3) is 0 Å². The van der Waals surface area contributed by atoms with Crippen LogP contribution in [0, 0.1) is 24.0 Å². The number of aryl methyl sites for hydroxylation is 1. The van der Waals surface area contributed by atoms with Crippen molar-refractivity contribution in [3.63, 3.8) is 0 Å². The standard InChI is InChI=1S/C16H20N4O4S/c1-11-7-14(20(21)22)9-15(12(11)2)25(23,24)18-10-13-5-6-17-16(8-13)19(3)4/h5-9,18H,10H2,1-4H3. The van der Waals surface area contributed by atoms with E-state index >= 15 is 0 Å². The number of nitrogens with zero attached hydrogens (tertiary/aromatic N) is 3. The molecule has 1 heterocycles. The van der Waals surface area contributed by atoms with Gasteiger partial charge in [0.2, 0.25) is 10.0 Å². The summed E-state index contributed by atoms with van der Waals surface area (Å²) in [4.78, 5) is 16.3. The van der Waals surface area contributed by atoms with E-state index in [0.717, 1.165) is 11.6 Å². The van der Waals surface area contributed by atoms with Crippen molar-refractivity contribution in [2.75, 3.05) is 19.0 Å². The van der Waals surface area contributed by atoms with Crippen LogP contribution in [0.2, 0.25) is 0 Å². The lowest BCUT2D eigenvalue weighted by atomic mass is 10.1. The number of nitro groups is 1. The molecule has 0 saturated heterocycles. The maximum atomic E-state index is 12.6. The molecule has 9 heteroatoms. The smallest absolute Gasteiger partial charge is 0.271 e. The lowest BCUT2D eigenvalue weighted by molar-refractivity contribution is -0.385. The molecule has 0 unspecified atom stereocenters. The van der Waals surface area contributed by atoms with Gasteiger partial charge in [0.05, 0.1) is 9.82 Å². The molecule has 0 aliphatic rings. The predicted octanol–water partition coefficient (Wildman–Crippen LogP) is 2.15. The molecule has 0 bridgehead atoms. The molecule has 0 saturated carbocycles. The number of rotatable bonds is 6. The third-order valence-corrected chi connectivity index (χ3v) is 5.37. The summed E-state index contributed by atoms with van der Waals surface area (Å²) in [6.07, 6.45) is 1.60. The average Bonchev–Trinajstić information content (AvgIpc) is 2.55. The van der Waals surface area contributed by atoms with Gasteiger partial charge in [-0.05, 0) is 42.7 Å². The molecule has 0 aliphatic heterocycles. The van der Waals surface area contributed by atoms with Gasteiger partial charge in [0.1, 0.15) is 5.82 Å². The van der Waals surface area contributed by atoms with Crippen LogP contribution in [0.15, 0.2) is 35.4 Å². The van der Waals surface area contributed by atoms with Crippen molar-refractivity contribution >= 4 is 21.5 Å². The summed E-state index contributed by atoms with van der Waals surface area (Å²) in [7, 11) is -0.212. The maximum absolute atomic E-state index is 12.6. The molecule has 1 aromatic heterocycles. The minimum atomic E-state index is -3.89. The largest absolute Gasteiger partial charge is 0.363 e. The Balaban J connectivity index is 2.31. The molecule has 25 heavy (non-hydrogen) atoms. The highest BCUT2D eigenvalue weighted by Gasteiger charge is 2.22. The molecule has 0 radical (unpaired) electrons. The summed E-state index contributed by atoms with van der Waals surface area (Å²) in [5.41, 5.74) is 1.53. The third kappa shape index (κ3) is 4.31. The van der Waals surface area contributed by atoms with Gasteiger partial charge in [0.15, 0.2) is 0 Å². The second-order valence-corrected chi connectivity index (χ2v) is 7.62. The zero-order valence-electron chi connectivity index (χ0n) is 14.5. The van der Waals surface area contributed by atoms with Crippen LogP contribution in [0.1, 0.15) is 16.7 Å². The van der Waals surface area contributed by atoms with E-state index in [-0.39, 0.29) is 17.1 Å². The molecule has 0 aliphatic carbocycles. The Morgan fingerprint density at radius 2 is 1.92 bits per heavy atom. The number of nitro benzene ring substituents is 1. The van der Waals surface area contributed by atoms with Crippen molar-refractivity contribution in [1.82, 2.24) is 9.71 Å². The van der Waals surface area contributed by atoms with Gasteiger partial charge < -0.3 is 4.90 Å². The zero-order chi connectivity index (χ0) is 18.8. The number of hydrogen-bond acceptors (Lipinski definition) is 6. The topological polar surface area (TPSA) is 105 Å². The highest BCUT2D eigenvalue weighted by atomic mass is 32.2. The van der Waals surface area contributed by atoms with Gasteiger partial charge in [-0.1, -0.05) is 0 Å². The number of sulfonamides is 1. The molecule has 1 aromatic carbocycles. The second kappa shape index (κ2) is 7.16. The van der Waals surface area contributed by atoms with E-state index in [4.69, 9.17) is 0 Å². The zero-order valence-corrected chi connectivity index (χ0v) is 15.3. The Morgan fingerprint density at radius 3 is 2.52 bits per heavy atom. The fraction of sp³-hybridized carbons (Fsp3) is 0.312. The Bertz CT molecular complexity index is 910. The first-order valence-corrected chi connectivity index (χ1v) is 8.97. The van der Waals surface area contributed by atoms with Crippen molar-refractivity contribution in [2.24, 2.45) is 0 Å². The van der Waals surface area contributed by atoms with Crippen LogP contribution in [-0.2, 0) is 16.6 Å². The van der Waals surface area contributed by atoms with Crippen LogP contribution in [0.4, 0.5) is 11.5 Å². The maximum Gasteiger partial charge on any atom is 0.271 e. The molecule has 2 aromatic rings. The van der Waals surface area contributed by atoms with Crippen LogP contribution >= 0.6 is 0 Å². The van der Waals surface area contributed by atoms with Crippen molar-refractivity contribution in [3.8, 4) is 0 Å². The fourth-order valence-corrected chi connectivity index (χ4v) is 3.62. The van der Waals surface area contributed by atoms with Gasteiger partial charge in [-0.3, -0.25) is 10.1 Å². The molecule has 0 fully saturated rings. The number of aromatic nitrogens is 1. The molecular formula is C16H20N4O4S. The van der Waals surface area contributed by atoms with Gasteiger partial charge in [0, 0.05) is 39.0 Å². The molecule has 134 valence electrons. The van der Waals surface area contributed by atoms with Crippen LogP contribution < -0.4 is 9.62 Å². The summed E-state index contributed by atoms with van der Waals surface area (Å²) < 4.78 is 27.7. The minimum absolute atomic E-state index is 0.0624. The van der Waals surface area contributed by atoms with Gasteiger partial charge in [-0.2, -0.15) is 0 Å². The Hall–Kier alpha value is -2.52. The molecule has 1 N–H and O–H groups in total. The van der Waals surface area contributed by atoms with Gasteiger partial charge >= 0.3 is 0 Å². The van der Waals surface area contributed by atoms with E-state index in [2.05, 4.69) is 9.71 Å². The number of nitrogens with one attached hydrogen (secondary N) is 1. The normalized spacial score (nSPS) is 11.4. The number of anilines is 1. The SMILES string of the molecule is Cc1cc([N+](=O)[O-])cc(S(=O)(=O)NCc2ccnc(N(C)C)c2)c1C. The first-order chi connectivity index (χ1) is 11.6. The number of pyridine rings is 1. The first kappa shape index (κ1) is 18.8. The van der Waals surface area contributed by atoms with Gasteiger partial charge in [-0.15, -0.1) is 0 Å². The predicted molar refractivity (Wildman–Crippen MR) is 95.2 cm³/mol. The van der Waals surface area contributed by atoms with E-state index in [1.165, 1.54) is 6.07 Å². The highest BCUT2D eigenvalue weighted by molar-refractivity contribution is 7.89. The van der Waals surface area contributed by atoms with Crippen LogP contribution in [-0.4, -0.2) is 32.4 Å². The second-order valence-electron chi connectivity index (χ2n) is 5.88. The van der Waals surface area contributed by atoms with Crippen molar-refractivity contribution in [1.29, 1.82) is 0 Å². The monoisotopic (exact) mass is 364 g/mol. The number of non-ortho nitro benzene ring substituents is 1. The van der Waals surface area contributed by atoms with Crippen LogP contribution in [0.3, 0.4) is 0 Å². The van der Waals surface area contributed by atoms with Crippen molar-refractivity contribution in [3.05, 3.63) is 57.3 Å². The summed E-state index contributed by atoms with van der Waals surface area (Å²) in [5, 5.41) is 11.0. The van der Waals surface area contributed by atoms with Crippen molar-refractivity contribution < 1.29 is 13.3 Å². The van der Waals surface area contributed by atoms with Crippen LogP contribution in [0.5, 0.6) is 0 Å². The van der Waals surface area contributed by atoms with E-state index in [1.54, 1.807) is 32.2 Å². The molecule has 0 spiro atoms. The van der Waals surface area contributed by atoms with Crippen molar-refractivity contribution in [2.45, 2.75) is 25.3 Å². The van der Waals surface area contributed by atoms with E-state index in [9.17, 15) is 18.5 Å². The molecule has 0 amide bonds. The minimum Gasteiger partial charge on any atom is -0.363 e. The fourth-order valence-electron chi connectivity index (χ4n) is 2.26. The first-order valence-electron chi connectivity index (χ1n) is 7.49. The quantitative estimate of drug-likeness (QED) is 0.622.